The van der Waals surface area contributed by atoms with Gasteiger partial charge in [0.2, 0.25) is 0 Å². The zero-order valence-corrected chi connectivity index (χ0v) is 14.4. The Morgan fingerprint density at radius 2 is 2.09 bits per heavy atom. The molecule has 0 atom stereocenters. The molecule has 22 heavy (non-hydrogen) atoms. The van der Waals surface area contributed by atoms with Crippen LogP contribution in [0.3, 0.4) is 0 Å². The molecular weight excluding hydrogens is 298 g/mol. The van der Waals surface area contributed by atoms with E-state index >= 15 is 0 Å². The molecule has 2 aromatic heterocycles. The van der Waals surface area contributed by atoms with Gasteiger partial charge in [0.1, 0.15) is 10.7 Å². The zero-order valence-electron chi connectivity index (χ0n) is 13.6. The molecule has 2 heterocycles. The van der Waals surface area contributed by atoms with E-state index in [1.807, 2.05) is 27.7 Å². The molecule has 0 spiro atoms. The molecule has 1 aliphatic rings. The van der Waals surface area contributed by atoms with E-state index in [1.54, 1.807) is 11.3 Å². The van der Waals surface area contributed by atoms with Crippen LogP contribution in [0.4, 0.5) is 0 Å². The lowest BCUT2D eigenvalue weighted by Gasteiger charge is -2.28. The van der Waals surface area contributed by atoms with Crippen molar-refractivity contribution in [2.45, 2.75) is 58.7 Å². The number of H-pyrrole nitrogens is 1. The van der Waals surface area contributed by atoms with Gasteiger partial charge in [-0.25, -0.2) is 4.98 Å². The van der Waals surface area contributed by atoms with Crippen molar-refractivity contribution in [1.29, 1.82) is 0 Å². The Kier molecular flexibility index (Phi) is 3.87. The number of aromatic nitrogens is 2. The number of thiophene rings is 1. The fourth-order valence-corrected chi connectivity index (χ4v) is 3.87. The van der Waals surface area contributed by atoms with Crippen LogP contribution >= 0.6 is 11.3 Å². The number of nitrogens with one attached hydrogen (secondary N) is 1. The van der Waals surface area contributed by atoms with Crippen molar-refractivity contribution in [3.05, 3.63) is 26.6 Å². The second-order valence-electron chi connectivity index (χ2n) is 6.92. The highest BCUT2D eigenvalue weighted by Gasteiger charge is 2.32. The molecule has 0 saturated heterocycles. The topological polar surface area (TPSA) is 69.2 Å². The van der Waals surface area contributed by atoms with Gasteiger partial charge in [0.15, 0.2) is 0 Å². The highest BCUT2D eigenvalue weighted by Crippen LogP contribution is 2.30. The molecule has 2 aromatic rings. The second-order valence-corrected chi connectivity index (χ2v) is 8.13. The first-order chi connectivity index (χ1) is 10.2. The molecule has 5 nitrogen and oxygen atoms in total. The van der Waals surface area contributed by atoms with Crippen molar-refractivity contribution in [2.24, 2.45) is 0 Å². The summed E-state index contributed by atoms with van der Waals surface area (Å²) < 4.78 is 0. The van der Waals surface area contributed by atoms with Crippen LogP contribution in [0, 0.1) is 13.8 Å². The summed E-state index contributed by atoms with van der Waals surface area (Å²) in [6.45, 7) is 8.78. The quantitative estimate of drug-likeness (QED) is 0.887. The zero-order chi connectivity index (χ0) is 16.1. The minimum Gasteiger partial charge on any atom is -0.389 e. The lowest BCUT2D eigenvalue weighted by Crippen LogP contribution is -2.40. The molecule has 0 unspecified atom stereocenters. The smallest absolute Gasteiger partial charge is 0.259 e. The van der Waals surface area contributed by atoms with Gasteiger partial charge in [-0.1, -0.05) is 0 Å². The van der Waals surface area contributed by atoms with Crippen LogP contribution in [0.1, 0.15) is 43.0 Å². The van der Waals surface area contributed by atoms with Crippen molar-refractivity contribution < 1.29 is 5.11 Å². The first kappa shape index (κ1) is 15.6. The molecule has 3 rings (SSSR count). The molecule has 2 N–H and O–H groups in total. The molecule has 0 radical (unpaired) electrons. The minimum atomic E-state index is -0.747. The van der Waals surface area contributed by atoms with Gasteiger partial charge in [0.25, 0.3) is 5.56 Å². The summed E-state index contributed by atoms with van der Waals surface area (Å²) in [5.41, 5.74) is 0.222. The average molecular weight is 321 g/mol. The third-order valence-electron chi connectivity index (χ3n) is 4.09. The maximum atomic E-state index is 12.3. The predicted octanol–water partition coefficient (Wildman–Crippen LogP) is 2.34. The number of fused-ring (bicyclic) bond motifs is 1. The number of aryl methyl sites for hydroxylation is 2. The van der Waals surface area contributed by atoms with Crippen LogP contribution in [0.2, 0.25) is 0 Å². The van der Waals surface area contributed by atoms with E-state index in [-0.39, 0.29) is 5.56 Å². The third kappa shape index (κ3) is 3.24. The van der Waals surface area contributed by atoms with E-state index < -0.39 is 5.60 Å². The molecular formula is C16H23N3O2S. The highest BCUT2D eigenvalue weighted by molar-refractivity contribution is 7.18. The molecule has 1 fully saturated rings. The summed E-state index contributed by atoms with van der Waals surface area (Å²) in [6, 6.07) is 0.499. The predicted molar refractivity (Wildman–Crippen MR) is 89.4 cm³/mol. The Bertz CT molecular complexity index is 753. The summed E-state index contributed by atoms with van der Waals surface area (Å²) in [6.07, 6.45) is 2.31. The molecule has 0 amide bonds. The standard InChI is InChI=1S/C16H23N3O2S/c1-9-10(2)22-15-13(9)14(20)17-12(18-15)7-19(11-5-6-11)8-16(3,4)21/h11,21H,5-8H2,1-4H3,(H,17,18,20). The number of hydrogen-bond donors (Lipinski definition) is 2. The van der Waals surface area contributed by atoms with E-state index in [4.69, 9.17) is 0 Å². The number of rotatable bonds is 5. The van der Waals surface area contributed by atoms with Crippen LogP contribution < -0.4 is 5.56 Å². The van der Waals surface area contributed by atoms with Crippen LogP contribution in [0.15, 0.2) is 4.79 Å². The summed E-state index contributed by atoms with van der Waals surface area (Å²) in [4.78, 5) is 24.1. The van der Waals surface area contributed by atoms with Crippen molar-refractivity contribution in [1.82, 2.24) is 14.9 Å². The van der Waals surface area contributed by atoms with Gasteiger partial charge < -0.3 is 10.1 Å². The molecule has 0 aliphatic heterocycles. The Balaban J connectivity index is 1.91. The summed E-state index contributed by atoms with van der Waals surface area (Å²) in [5, 5.41) is 10.8. The van der Waals surface area contributed by atoms with E-state index in [9.17, 15) is 9.90 Å². The number of aliphatic hydroxyl groups is 1. The second kappa shape index (κ2) is 5.44. The summed E-state index contributed by atoms with van der Waals surface area (Å²) >= 11 is 1.57. The molecule has 6 heteroatoms. The molecule has 1 aliphatic carbocycles. The van der Waals surface area contributed by atoms with E-state index in [1.165, 1.54) is 0 Å². The van der Waals surface area contributed by atoms with Crippen molar-refractivity contribution in [3.63, 3.8) is 0 Å². The normalized spacial score (nSPS) is 15.9. The fourth-order valence-electron chi connectivity index (χ4n) is 2.82. The molecule has 120 valence electrons. The number of aromatic amines is 1. The van der Waals surface area contributed by atoms with Crippen LogP contribution in [-0.4, -0.2) is 38.2 Å². The van der Waals surface area contributed by atoms with Gasteiger partial charge in [-0.3, -0.25) is 9.69 Å². The Hall–Kier alpha value is -1.24. The minimum absolute atomic E-state index is 0.0548. The molecule has 0 bridgehead atoms. The lowest BCUT2D eigenvalue weighted by molar-refractivity contribution is 0.0296. The number of hydrogen-bond acceptors (Lipinski definition) is 5. The Labute approximate surface area is 134 Å². The van der Waals surface area contributed by atoms with Gasteiger partial charge in [-0.15, -0.1) is 11.3 Å². The number of nitrogens with zero attached hydrogens (tertiary/aromatic N) is 2. The van der Waals surface area contributed by atoms with Gasteiger partial charge in [0.05, 0.1) is 17.5 Å². The van der Waals surface area contributed by atoms with Crippen molar-refractivity contribution in [3.8, 4) is 0 Å². The largest absolute Gasteiger partial charge is 0.389 e. The SMILES string of the molecule is Cc1sc2nc(CN(CC(C)(C)O)C3CC3)[nH]c(=O)c2c1C. The maximum absolute atomic E-state index is 12.3. The van der Waals surface area contributed by atoms with Crippen molar-refractivity contribution >= 4 is 21.6 Å². The molecule has 1 saturated carbocycles. The lowest BCUT2D eigenvalue weighted by atomic mass is 10.1. The summed E-state index contributed by atoms with van der Waals surface area (Å²) in [7, 11) is 0. The van der Waals surface area contributed by atoms with Gasteiger partial charge in [-0.2, -0.15) is 0 Å². The van der Waals surface area contributed by atoms with Crippen LogP contribution in [0.5, 0.6) is 0 Å². The monoisotopic (exact) mass is 321 g/mol. The molecule has 0 aromatic carbocycles. The van der Waals surface area contributed by atoms with Crippen LogP contribution in [0.25, 0.3) is 10.2 Å². The van der Waals surface area contributed by atoms with E-state index in [0.29, 0.717) is 30.3 Å². The highest BCUT2D eigenvalue weighted by atomic mass is 32.1. The van der Waals surface area contributed by atoms with Crippen molar-refractivity contribution in [2.75, 3.05) is 6.54 Å². The average Bonchev–Trinajstić information content (AvgIpc) is 3.15. The first-order valence-corrected chi connectivity index (χ1v) is 8.51. The Morgan fingerprint density at radius 3 is 2.68 bits per heavy atom. The summed E-state index contributed by atoms with van der Waals surface area (Å²) in [5.74, 6) is 0.690. The van der Waals surface area contributed by atoms with Gasteiger partial charge in [-0.05, 0) is 46.1 Å². The van der Waals surface area contributed by atoms with E-state index in [2.05, 4.69) is 14.9 Å². The van der Waals surface area contributed by atoms with Crippen LogP contribution in [-0.2, 0) is 6.54 Å². The first-order valence-electron chi connectivity index (χ1n) is 7.70. The van der Waals surface area contributed by atoms with Gasteiger partial charge in [0, 0.05) is 17.5 Å². The van der Waals surface area contributed by atoms with E-state index in [0.717, 1.165) is 28.1 Å². The maximum Gasteiger partial charge on any atom is 0.259 e. The van der Waals surface area contributed by atoms with Gasteiger partial charge >= 0.3 is 0 Å². The Morgan fingerprint density at radius 1 is 1.41 bits per heavy atom. The fraction of sp³-hybridized carbons (Fsp3) is 0.625. The third-order valence-corrected chi connectivity index (χ3v) is 5.20.